The molecule has 1 aromatic carbocycles. The Hall–Kier alpha value is -2.44. The molecule has 1 heterocycles. The van der Waals surface area contributed by atoms with Crippen molar-refractivity contribution in [3.05, 3.63) is 24.3 Å². The standard InChI is InChI=1S/C19H28N4O3/c1-26-17-5-3-2-4-16(17)23-10-8-15(9-11-23)22-19(25)21-13-18(24)20-12-14-6-7-14/h2-5,14-15H,6-13H2,1H3,(H,20,24)(H2,21,22,25). The van der Waals surface area contributed by atoms with E-state index >= 15 is 0 Å². The summed E-state index contributed by atoms with van der Waals surface area (Å²) >= 11 is 0. The third kappa shape index (κ3) is 5.28. The number of methoxy groups -OCH3 is 1. The summed E-state index contributed by atoms with van der Waals surface area (Å²) in [4.78, 5) is 25.9. The van der Waals surface area contributed by atoms with Crippen LogP contribution in [0.15, 0.2) is 24.3 Å². The molecule has 0 radical (unpaired) electrons. The quantitative estimate of drug-likeness (QED) is 0.688. The van der Waals surface area contributed by atoms with Crippen molar-refractivity contribution in [3.8, 4) is 5.75 Å². The van der Waals surface area contributed by atoms with Crippen LogP contribution < -0.4 is 25.6 Å². The third-order valence-electron chi connectivity index (χ3n) is 4.95. The van der Waals surface area contributed by atoms with Crippen molar-refractivity contribution in [2.75, 3.05) is 38.2 Å². The van der Waals surface area contributed by atoms with Crippen molar-refractivity contribution in [3.63, 3.8) is 0 Å². The Kier molecular flexibility index (Phi) is 6.20. The maximum Gasteiger partial charge on any atom is 0.315 e. The maximum atomic E-state index is 12.0. The molecule has 0 bridgehead atoms. The SMILES string of the molecule is COc1ccccc1N1CCC(NC(=O)NCC(=O)NCC2CC2)CC1. The molecule has 26 heavy (non-hydrogen) atoms. The van der Waals surface area contributed by atoms with Gasteiger partial charge in [0, 0.05) is 25.7 Å². The molecule has 0 atom stereocenters. The van der Waals surface area contributed by atoms with E-state index in [-0.39, 0.29) is 24.5 Å². The molecule has 1 aliphatic carbocycles. The molecule has 0 unspecified atom stereocenters. The predicted molar refractivity (Wildman–Crippen MR) is 100 cm³/mol. The van der Waals surface area contributed by atoms with Gasteiger partial charge >= 0.3 is 6.03 Å². The Morgan fingerprint density at radius 2 is 1.85 bits per heavy atom. The third-order valence-corrected chi connectivity index (χ3v) is 4.95. The molecule has 3 N–H and O–H groups in total. The minimum atomic E-state index is -0.276. The van der Waals surface area contributed by atoms with E-state index in [2.05, 4.69) is 26.9 Å². The summed E-state index contributed by atoms with van der Waals surface area (Å²) in [5, 5.41) is 8.44. The fraction of sp³-hybridized carbons (Fsp3) is 0.579. The Bertz CT molecular complexity index is 625. The lowest BCUT2D eigenvalue weighted by Gasteiger charge is -2.34. The Morgan fingerprint density at radius 1 is 1.12 bits per heavy atom. The molecule has 2 fully saturated rings. The van der Waals surface area contributed by atoms with Crippen LogP contribution in [0.3, 0.4) is 0 Å². The van der Waals surface area contributed by atoms with Crippen molar-refractivity contribution in [1.29, 1.82) is 0 Å². The summed E-state index contributed by atoms with van der Waals surface area (Å²) in [7, 11) is 1.68. The maximum absolute atomic E-state index is 12.0. The summed E-state index contributed by atoms with van der Waals surface area (Å²) in [5.74, 6) is 1.38. The largest absolute Gasteiger partial charge is 0.495 e. The molecule has 3 amide bonds. The Morgan fingerprint density at radius 3 is 2.54 bits per heavy atom. The molecular formula is C19H28N4O3. The number of anilines is 1. The van der Waals surface area contributed by atoms with Crippen molar-refractivity contribution in [2.45, 2.75) is 31.7 Å². The zero-order chi connectivity index (χ0) is 18.4. The number of hydrogen-bond donors (Lipinski definition) is 3. The molecule has 1 saturated heterocycles. The number of nitrogens with one attached hydrogen (secondary N) is 3. The van der Waals surface area contributed by atoms with Crippen LogP contribution in [-0.4, -0.2) is 51.3 Å². The van der Waals surface area contributed by atoms with Gasteiger partial charge in [0.1, 0.15) is 5.75 Å². The van der Waals surface area contributed by atoms with Gasteiger partial charge in [-0.3, -0.25) is 4.79 Å². The second kappa shape index (κ2) is 8.78. The normalized spacial score (nSPS) is 17.5. The summed E-state index contributed by atoms with van der Waals surface area (Å²) in [6.07, 6.45) is 4.11. The minimum Gasteiger partial charge on any atom is -0.495 e. The van der Waals surface area contributed by atoms with Crippen LogP contribution >= 0.6 is 0 Å². The number of piperidine rings is 1. The second-order valence-corrected chi connectivity index (χ2v) is 7.01. The van der Waals surface area contributed by atoms with Gasteiger partial charge < -0.3 is 25.6 Å². The summed E-state index contributed by atoms with van der Waals surface area (Å²) < 4.78 is 5.42. The van der Waals surface area contributed by atoms with Gasteiger partial charge in [-0.15, -0.1) is 0 Å². The van der Waals surface area contributed by atoms with Crippen LogP contribution in [0.25, 0.3) is 0 Å². The molecule has 7 heteroatoms. The number of para-hydroxylation sites is 2. The predicted octanol–water partition coefficient (Wildman–Crippen LogP) is 1.49. The van der Waals surface area contributed by atoms with E-state index in [4.69, 9.17) is 4.74 Å². The molecule has 1 aliphatic heterocycles. The molecule has 0 aromatic heterocycles. The first kappa shape index (κ1) is 18.4. The summed E-state index contributed by atoms with van der Waals surface area (Å²) in [5.41, 5.74) is 1.09. The molecular weight excluding hydrogens is 332 g/mol. The highest BCUT2D eigenvalue weighted by Gasteiger charge is 2.23. The molecule has 1 saturated carbocycles. The lowest BCUT2D eigenvalue weighted by Crippen LogP contribution is -2.49. The number of rotatable bonds is 7. The average molecular weight is 360 g/mol. The van der Waals surface area contributed by atoms with Crippen LogP contribution in [0, 0.1) is 5.92 Å². The lowest BCUT2D eigenvalue weighted by molar-refractivity contribution is -0.120. The number of ether oxygens (including phenoxy) is 1. The zero-order valence-electron chi connectivity index (χ0n) is 15.3. The molecule has 2 aliphatic rings. The van der Waals surface area contributed by atoms with Crippen LogP contribution in [0.4, 0.5) is 10.5 Å². The average Bonchev–Trinajstić information content (AvgIpc) is 3.50. The van der Waals surface area contributed by atoms with E-state index in [0.717, 1.165) is 43.9 Å². The topological polar surface area (TPSA) is 82.7 Å². The summed E-state index contributed by atoms with van der Waals surface area (Å²) in [6.45, 7) is 2.46. The van der Waals surface area contributed by atoms with E-state index < -0.39 is 0 Å². The highest BCUT2D eigenvalue weighted by molar-refractivity contribution is 5.84. The van der Waals surface area contributed by atoms with Gasteiger partial charge in [0.25, 0.3) is 0 Å². The van der Waals surface area contributed by atoms with Crippen LogP contribution in [-0.2, 0) is 4.79 Å². The molecule has 7 nitrogen and oxygen atoms in total. The number of amides is 3. The fourth-order valence-corrected chi connectivity index (χ4v) is 3.20. The van der Waals surface area contributed by atoms with Crippen molar-refractivity contribution < 1.29 is 14.3 Å². The second-order valence-electron chi connectivity index (χ2n) is 7.01. The van der Waals surface area contributed by atoms with Crippen molar-refractivity contribution in [1.82, 2.24) is 16.0 Å². The van der Waals surface area contributed by atoms with Crippen molar-refractivity contribution in [2.24, 2.45) is 5.92 Å². The van der Waals surface area contributed by atoms with Gasteiger partial charge in [0.05, 0.1) is 19.3 Å². The zero-order valence-corrected chi connectivity index (χ0v) is 15.3. The molecule has 142 valence electrons. The number of benzene rings is 1. The van der Waals surface area contributed by atoms with Gasteiger partial charge in [0.15, 0.2) is 0 Å². The van der Waals surface area contributed by atoms with Crippen molar-refractivity contribution >= 4 is 17.6 Å². The number of carbonyl (C=O) groups is 2. The number of nitrogens with zero attached hydrogens (tertiary/aromatic N) is 1. The van der Waals surface area contributed by atoms with Gasteiger partial charge in [-0.1, -0.05) is 12.1 Å². The number of carbonyl (C=O) groups excluding carboxylic acids is 2. The minimum absolute atomic E-state index is 0.0264. The first-order valence-corrected chi connectivity index (χ1v) is 9.34. The monoisotopic (exact) mass is 360 g/mol. The van der Waals surface area contributed by atoms with Gasteiger partial charge in [-0.05, 0) is 43.7 Å². The Labute approximate surface area is 154 Å². The Balaban J connectivity index is 1.36. The van der Waals surface area contributed by atoms with Crippen LogP contribution in [0.1, 0.15) is 25.7 Å². The van der Waals surface area contributed by atoms with E-state index in [1.165, 1.54) is 12.8 Å². The highest BCUT2D eigenvalue weighted by atomic mass is 16.5. The lowest BCUT2D eigenvalue weighted by atomic mass is 10.0. The molecule has 0 spiro atoms. The first-order chi connectivity index (χ1) is 12.7. The smallest absolute Gasteiger partial charge is 0.315 e. The summed E-state index contributed by atoms with van der Waals surface area (Å²) in [6, 6.07) is 7.82. The number of hydrogen-bond acceptors (Lipinski definition) is 4. The number of urea groups is 1. The van der Waals surface area contributed by atoms with Gasteiger partial charge in [-0.2, -0.15) is 0 Å². The van der Waals surface area contributed by atoms with E-state index in [0.29, 0.717) is 5.92 Å². The van der Waals surface area contributed by atoms with Gasteiger partial charge in [0.2, 0.25) is 5.91 Å². The van der Waals surface area contributed by atoms with Crippen LogP contribution in [0.2, 0.25) is 0 Å². The fourth-order valence-electron chi connectivity index (χ4n) is 3.20. The highest BCUT2D eigenvalue weighted by Crippen LogP contribution is 2.30. The van der Waals surface area contributed by atoms with Crippen LogP contribution in [0.5, 0.6) is 5.75 Å². The van der Waals surface area contributed by atoms with E-state index in [1.807, 2.05) is 18.2 Å². The van der Waals surface area contributed by atoms with E-state index in [1.54, 1.807) is 7.11 Å². The van der Waals surface area contributed by atoms with E-state index in [9.17, 15) is 9.59 Å². The van der Waals surface area contributed by atoms with Gasteiger partial charge in [-0.25, -0.2) is 4.79 Å². The molecule has 3 rings (SSSR count). The molecule has 1 aromatic rings. The first-order valence-electron chi connectivity index (χ1n) is 9.34.